The van der Waals surface area contributed by atoms with Crippen LogP contribution in [0.5, 0.6) is 0 Å². The van der Waals surface area contributed by atoms with Crippen molar-refractivity contribution >= 4 is 5.69 Å². The number of para-hydroxylation sites is 1. The van der Waals surface area contributed by atoms with Crippen molar-refractivity contribution in [3.05, 3.63) is 58.5 Å². The molecule has 1 heterocycles. The number of nitrogens with two attached hydrogens (primary N) is 1. The average molecular weight is 215 g/mol. The van der Waals surface area contributed by atoms with Gasteiger partial charge in [-0.3, -0.25) is 4.79 Å². The van der Waals surface area contributed by atoms with Crippen LogP contribution in [-0.2, 0) is 13.0 Å². The Morgan fingerprint density at radius 2 is 2.00 bits per heavy atom. The van der Waals surface area contributed by atoms with Crippen LogP contribution in [0, 0.1) is 0 Å². The lowest BCUT2D eigenvalue weighted by atomic mass is 10.1. The first-order valence-electron chi connectivity index (χ1n) is 5.13. The lowest BCUT2D eigenvalue weighted by Gasteiger charge is -2.06. The number of nitrogens with zero attached hydrogens (tertiary/aromatic N) is 2. The highest BCUT2D eigenvalue weighted by molar-refractivity contribution is 5.46. The first kappa shape index (κ1) is 10.4. The molecule has 0 atom stereocenters. The summed E-state index contributed by atoms with van der Waals surface area (Å²) in [7, 11) is 0. The third kappa shape index (κ3) is 2.28. The summed E-state index contributed by atoms with van der Waals surface area (Å²) in [5.41, 5.74) is 7.53. The minimum Gasteiger partial charge on any atom is -0.399 e. The van der Waals surface area contributed by atoms with E-state index in [9.17, 15) is 4.79 Å². The molecule has 0 bridgehead atoms. The molecule has 2 N–H and O–H groups in total. The van der Waals surface area contributed by atoms with E-state index in [2.05, 4.69) is 5.10 Å². The van der Waals surface area contributed by atoms with Gasteiger partial charge in [0.05, 0.1) is 0 Å². The van der Waals surface area contributed by atoms with Crippen LogP contribution < -0.4 is 11.3 Å². The van der Waals surface area contributed by atoms with Gasteiger partial charge < -0.3 is 5.73 Å². The van der Waals surface area contributed by atoms with Gasteiger partial charge in [-0.25, -0.2) is 4.68 Å². The normalized spacial score (nSPS) is 10.2. The summed E-state index contributed by atoms with van der Waals surface area (Å²) < 4.78 is 1.44. The van der Waals surface area contributed by atoms with Crippen LogP contribution >= 0.6 is 0 Å². The molecular weight excluding hydrogens is 202 g/mol. The largest absolute Gasteiger partial charge is 0.399 e. The molecule has 0 saturated carbocycles. The number of benzene rings is 1. The Kier molecular flexibility index (Phi) is 3.00. The first-order chi connectivity index (χ1) is 7.77. The van der Waals surface area contributed by atoms with Gasteiger partial charge in [0, 0.05) is 24.5 Å². The van der Waals surface area contributed by atoms with Gasteiger partial charge in [-0.15, -0.1) is 0 Å². The van der Waals surface area contributed by atoms with E-state index in [0.29, 0.717) is 13.0 Å². The molecule has 4 heteroatoms. The van der Waals surface area contributed by atoms with Gasteiger partial charge in [0.1, 0.15) is 0 Å². The van der Waals surface area contributed by atoms with Gasteiger partial charge in [-0.2, -0.15) is 5.10 Å². The topological polar surface area (TPSA) is 60.9 Å². The van der Waals surface area contributed by atoms with Crippen LogP contribution in [-0.4, -0.2) is 9.78 Å². The van der Waals surface area contributed by atoms with Crippen molar-refractivity contribution in [2.75, 3.05) is 5.73 Å². The molecule has 1 aromatic heterocycles. The molecule has 2 rings (SSSR count). The zero-order valence-corrected chi connectivity index (χ0v) is 8.84. The van der Waals surface area contributed by atoms with Crippen molar-refractivity contribution in [1.29, 1.82) is 0 Å². The molecule has 0 aliphatic heterocycles. The van der Waals surface area contributed by atoms with Crippen molar-refractivity contribution in [2.24, 2.45) is 0 Å². The summed E-state index contributed by atoms with van der Waals surface area (Å²) in [5.74, 6) is 0. The second-order valence-corrected chi connectivity index (χ2v) is 3.53. The molecule has 0 unspecified atom stereocenters. The predicted octanol–water partition coefficient (Wildman–Crippen LogP) is 1.07. The SMILES string of the molecule is Nc1ccccc1CCn1ncccc1=O. The molecule has 0 spiro atoms. The number of rotatable bonds is 3. The molecule has 2 aromatic rings. The smallest absolute Gasteiger partial charge is 0.266 e. The van der Waals surface area contributed by atoms with E-state index in [1.807, 2.05) is 24.3 Å². The Morgan fingerprint density at radius 3 is 2.75 bits per heavy atom. The predicted molar refractivity (Wildman–Crippen MR) is 63.1 cm³/mol. The van der Waals surface area contributed by atoms with Gasteiger partial charge in [0.15, 0.2) is 0 Å². The van der Waals surface area contributed by atoms with E-state index in [0.717, 1.165) is 11.3 Å². The van der Waals surface area contributed by atoms with Crippen LogP contribution in [0.25, 0.3) is 0 Å². The van der Waals surface area contributed by atoms with Gasteiger partial charge in [-0.05, 0) is 24.1 Å². The van der Waals surface area contributed by atoms with Gasteiger partial charge in [0.25, 0.3) is 5.56 Å². The number of nitrogen functional groups attached to an aromatic ring is 1. The second-order valence-electron chi connectivity index (χ2n) is 3.53. The molecule has 0 aliphatic carbocycles. The molecule has 0 radical (unpaired) electrons. The number of anilines is 1. The molecular formula is C12H13N3O. The summed E-state index contributed by atoms with van der Waals surface area (Å²) in [5, 5.41) is 3.99. The van der Waals surface area contributed by atoms with Gasteiger partial charge in [0.2, 0.25) is 0 Å². The van der Waals surface area contributed by atoms with E-state index in [-0.39, 0.29) is 5.56 Å². The second kappa shape index (κ2) is 4.61. The Bertz CT molecular complexity index is 534. The van der Waals surface area contributed by atoms with E-state index < -0.39 is 0 Å². The third-order valence-electron chi connectivity index (χ3n) is 2.43. The maximum absolute atomic E-state index is 11.4. The van der Waals surface area contributed by atoms with Crippen LogP contribution in [0.15, 0.2) is 47.4 Å². The molecule has 0 amide bonds. The van der Waals surface area contributed by atoms with Gasteiger partial charge in [-0.1, -0.05) is 18.2 Å². The van der Waals surface area contributed by atoms with E-state index >= 15 is 0 Å². The molecule has 82 valence electrons. The zero-order valence-electron chi connectivity index (χ0n) is 8.84. The average Bonchev–Trinajstić information content (AvgIpc) is 2.30. The highest BCUT2D eigenvalue weighted by Crippen LogP contribution is 2.11. The number of aryl methyl sites for hydroxylation is 2. The fraction of sp³-hybridized carbons (Fsp3) is 0.167. The minimum absolute atomic E-state index is 0.0861. The summed E-state index contributed by atoms with van der Waals surface area (Å²) in [6, 6.07) is 10.8. The minimum atomic E-state index is -0.0861. The lowest BCUT2D eigenvalue weighted by molar-refractivity contribution is 0.578. The molecule has 4 nitrogen and oxygen atoms in total. The third-order valence-corrected chi connectivity index (χ3v) is 2.43. The van der Waals surface area contributed by atoms with E-state index in [1.165, 1.54) is 10.7 Å². The Balaban J connectivity index is 2.12. The van der Waals surface area contributed by atoms with E-state index in [4.69, 9.17) is 5.73 Å². The maximum Gasteiger partial charge on any atom is 0.266 e. The first-order valence-corrected chi connectivity index (χ1v) is 5.13. The van der Waals surface area contributed by atoms with Crippen molar-refractivity contribution in [2.45, 2.75) is 13.0 Å². The van der Waals surface area contributed by atoms with Crippen LogP contribution in [0.2, 0.25) is 0 Å². The van der Waals surface area contributed by atoms with Crippen LogP contribution in [0.1, 0.15) is 5.56 Å². The van der Waals surface area contributed by atoms with E-state index in [1.54, 1.807) is 12.3 Å². The van der Waals surface area contributed by atoms with Crippen molar-refractivity contribution in [1.82, 2.24) is 9.78 Å². The Labute approximate surface area is 93.3 Å². The molecule has 1 aromatic carbocycles. The lowest BCUT2D eigenvalue weighted by Crippen LogP contribution is -2.22. The number of aromatic nitrogens is 2. The Morgan fingerprint density at radius 1 is 1.19 bits per heavy atom. The van der Waals surface area contributed by atoms with Crippen molar-refractivity contribution < 1.29 is 0 Å². The number of hydrogen-bond donors (Lipinski definition) is 1. The summed E-state index contributed by atoms with van der Waals surface area (Å²) in [6.45, 7) is 0.549. The fourth-order valence-corrected chi connectivity index (χ4v) is 1.54. The van der Waals surface area contributed by atoms with Crippen molar-refractivity contribution in [3.63, 3.8) is 0 Å². The zero-order chi connectivity index (χ0) is 11.4. The summed E-state index contributed by atoms with van der Waals surface area (Å²) >= 11 is 0. The molecule has 0 aliphatic rings. The molecule has 0 fully saturated rings. The standard InChI is InChI=1S/C12H13N3O/c13-11-5-2-1-4-10(11)7-9-15-12(16)6-3-8-14-15/h1-6,8H,7,9,13H2. The van der Waals surface area contributed by atoms with Crippen LogP contribution in [0.4, 0.5) is 5.69 Å². The molecule has 0 saturated heterocycles. The van der Waals surface area contributed by atoms with Crippen LogP contribution in [0.3, 0.4) is 0 Å². The number of hydrogen-bond acceptors (Lipinski definition) is 3. The monoisotopic (exact) mass is 215 g/mol. The quantitative estimate of drug-likeness (QED) is 0.779. The maximum atomic E-state index is 11.4. The summed E-state index contributed by atoms with van der Waals surface area (Å²) in [4.78, 5) is 11.4. The summed E-state index contributed by atoms with van der Waals surface area (Å²) in [6.07, 6.45) is 2.32. The molecule has 16 heavy (non-hydrogen) atoms. The fourth-order valence-electron chi connectivity index (χ4n) is 1.54. The highest BCUT2D eigenvalue weighted by atomic mass is 16.1. The van der Waals surface area contributed by atoms with Crippen molar-refractivity contribution in [3.8, 4) is 0 Å². The Hall–Kier alpha value is -2.10. The van der Waals surface area contributed by atoms with Gasteiger partial charge >= 0.3 is 0 Å². The highest BCUT2D eigenvalue weighted by Gasteiger charge is 2.00.